The van der Waals surface area contributed by atoms with Gasteiger partial charge in [-0.25, -0.2) is 0 Å². The number of hydrogen-bond donors (Lipinski definition) is 1. The minimum atomic E-state index is -0.109. The van der Waals surface area contributed by atoms with Gasteiger partial charge in [0.25, 0.3) is 5.91 Å². The molecule has 1 heterocycles. The standard InChI is InChI=1S/C22H26N2O3/c1-17-6-4-7-20(16-17)27-15-5-13-23-22(26)18-9-11-19(12-10-18)24-14-3-2-8-21(24)25/h4,6-7,9-12,16H,2-3,5,8,13-15H2,1H3,(H,23,26). The second-order valence-corrected chi connectivity index (χ2v) is 6.82. The predicted octanol–water partition coefficient (Wildman–Crippen LogP) is 3.71. The first-order valence-corrected chi connectivity index (χ1v) is 9.51. The summed E-state index contributed by atoms with van der Waals surface area (Å²) >= 11 is 0. The van der Waals surface area contributed by atoms with Crippen LogP contribution >= 0.6 is 0 Å². The van der Waals surface area contributed by atoms with E-state index >= 15 is 0 Å². The molecule has 3 rings (SSSR count). The Labute approximate surface area is 160 Å². The van der Waals surface area contributed by atoms with Gasteiger partial charge in [0.15, 0.2) is 0 Å². The van der Waals surface area contributed by atoms with Crippen molar-refractivity contribution in [1.29, 1.82) is 0 Å². The molecule has 0 radical (unpaired) electrons. The van der Waals surface area contributed by atoms with E-state index in [1.54, 1.807) is 17.0 Å². The number of rotatable bonds is 7. The zero-order valence-electron chi connectivity index (χ0n) is 15.7. The number of piperidine rings is 1. The van der Waals surface area contributed by atoms with Gasteiger partial charge in [-0.05, 0) is 68.1 Å². The molecule has 142 valence electrons. The second-order valence-electron chi connectivity index (χ2n) is 6.82. The number of carbonyl (C=O) groups is 2. The molecule has 1 N–H and O–H groups in total. The van der Waals surface area contributed by atoms with Gasteiger partial charge in [0.1, 0.15) is 5.75 Å². The maximum atomic E-state index is 12.2. The van der Waals surface area contributed by atoms with Crippen LogP contribution in [-0.2, 0) is 4.79 Å². The van der Waals surface area contributed by atoms with Gasteiger partial charge in [0.2, 0.25) is 5.91 Å². The molecule has 5 heteroatoms. The van der Waals surface area contributed by atoms with Gasteiger partial charge in [-0.15, -0.1) is 0 Å². The third-order valence-corrected chi connectivity index (χ3v) is 4.63. The lowest BCUT2D eigenvalue weighted by atomic mass is 10.1. The van der Waals surface area contributed by atoms with E-state index in [1.807, 2.05) is 43.3 Å². The fourth-order valence-electron chi connectivity index (χ4n) is 3.14. The highest BCUT2D eigenvalue weighted by Crippen LogP contribution is 2.21. The molecule has 2 aromatic carbocycles. The Morgan fingerprint density at radius 2 is 1.96 bits per heavy atom. The van der Waals surface area contributed by atoms with E-state index in [0.717, 1.165) is 42.8 Å². The van der Waals surface area contributed by atoms with Crippen LogP contribution in [0.15, 0.2) is 48.5 Å². The molecule has 2 amide bonds. The number of hydrogen-bond acceptors (Lipinski definition) is 3. The summed E-state index contributed by atoms with van der Waals surface area (Å²) < 4.78 is 5.68. The minimum absolute atomic E-state index is 0.109. The summed E-state index contributed by atoms with van der Waals surface area (Å²) in [7, 11) is 0. The molecule has 1 fully saturated rings. The van der Waals surface area contributed by atoms with E-state index in [4.69, 9.17) is 4.74 Å². The Balaban J connectivity index is 1.42. The van der Waals surface area contributed by atoms with Crippen molar-refractivity contribution >= 4 is 17.5 Å². The van der Waals surface area contributed by atoms with E-state index in [0.29, 0.717) is 25.1 Å². The molecule has 0 saturated carbocycles. The van der Waals surface area contributed by atoms with Crippen LogP contribution in [0.2, 0.25) is 0 Å². The number of anilines is 1. The first-order valence-electron chi connectivity index (χ1n) is 9.51. The van der Waals surface area contributed by atoms with E-state index < -0.39 is 0 Å². The van der Waals surface area contributed by atoms with Crippen molar-refractivity contribution in [2.75, 3.05) is 24.6 Å². The molecule has 0 aliphatic carbocycles. The van der Waals surface area contributed by atoms with E-state index in [2.05, 4.69) is 5.32 Å². The van der Waals surface area contributed by atoms with E-state index in [-0.39, 0.29) is 11.8 Å². The predicted molar refractivity (Wildman–Crippen MR) is 106 cm³/mol. The molecule has 27 heavy (non-hydrogen) atoms. The summed E-state index contributed by atoms with van der Waals surface area (Å²) in [6.45, 7) is 3.89. The molecule has 5 nitrogen and oxygen atoms in total. The van der Waals surface area contributed by atoms with Crippen molar-refractivity contribution in [1.82, 2.24) is 5.32 Å². The van der Waals surface area contributed by atoms with Gasteiger partial charge < -0.3 is 15.0 Å². The molecule has 0 atom stereocenters. The van der Waals surface area contributed by atoms with Crippen molar-refractivity contribution in [3.8, 4) is 5.75 Å². The molecular weight excluding hydrogens is 340 g/mol. The smallest absolute Gasteiger partial charge is 0.251 e. The van der Waals surface area contributed by atoms with Gasteiger partial charge in [0, 0.05) is 30.8 Å². The van der Waals surface area contributed by atoms with Gasteiger partial charge in [-0.2, -0.15) is 0 Å². The molecule has 1 aliphatic heterocycles. The third kappa shape index (κ3) is 5.33. The number of ether oxygens (including phenoxy) is 1. The quantitative estimate of drug-likeness (QED) is 0.760. The van der Waals surface area contributed by atoms with Crippen LogP contribution in [0.4, 0.5) is 5.69 Å². The van der Waals surface area contributed by atoms with E-state index in [9.17, 15) is 9.59 Å². The summed E-state index contributed by atoms with van der Waals surface area (Å²) in [5.74, 6) is 0.901. The van der Waals surface area contributed by atoms with Crippen molar-refractivity contribution < 1.29 is 14.3 Å². The maximum Gasteiger partial charge on any atom is 0.251 e. The van der Waals surface area contributed by atoms with Crippen LogP contribution in [0.25, 0.3) is 0 Å². The lowest BCUT2D eigenvalue weighted by Crippen LogP contribution is -2.35. The summed E-state index contributed by atoms with van der Waals surface area (Å²) in [4.78, 5) is 26.0. The van der Waals surface area contributed by atoms with Crippen LogP contribution in [0.3, 0.4) is 0 Å². The number of aryl methyl sites for hydroxylation is 1. The number of nitrogens with zero attached hydrogens (tertiary/aromatic N) is 1. The second kappa shape index (κ2) is 9.21. The van der Waals surface area contributed by atoms with Crippen molar-refractivity contribution in [2.45, 2.75) is 32.6 Å². The number of amides is 2. The highest BCUT2D eigenvalue weighted by Gasteiger charge is 2.19. The zero-order valence-corrected chi connectivity index (χ0v) is 15.7. The highest BCUT2D eigenvalue weighted by atomic mass is 16.5. The van der Waals surface area contributed by atoms with Gasteiger partial charge in [0.05, 0.1) is 6.61 Å². The molecule has 1 saturated heterocycles. The summed E-state index contributed by atoms with van der Waals surface area (Å²) in [5.41, 5.74) is 2.63. The van der Waals surface area contributed by atoms with Crippen LogP contribution in [0.5, 0.6) is 5.75 Å². The number of nitrogens with one attached hydrogen (secondary N) is 1. The Morgan fingerprint density at radius 3 is 2.70 bits per heavy atom. The fraction of sp³-hybridized carbons (Fsp3) is 0.364. The molecule has 0 spiro atoms. The van der Waals surface area contributed by atoms with Crippen molar-refractivity contribution in [3.63, 3.8) is 0 Å². The average molecular weight is 366 g/mol. The van der Waals surface area contributed by atoms with Gasteiger partial charge in [-0.1, -0.05) is 12.1 Å². The number of benzene rings is 2. The lowest BCUT2D eigenvalue weighted by Gasteiger charge is -2.26. The lowest BCUT2D eigenvalue weighted by molar-refractivity contribution is -0.119. The van der Waals surface area contributed by atoms with Crippen LogP contribution in [0.1, 0.15) is 41.6 Å². The molecule has 1 aliphatic rings. The zero-order chi connectivity index (χ0) is 19.1. The Hall–Kier alpha value is -2.82. The van der Waals surface area contributed by atoms with Crippen molar-refractivity contribution in [2.24, 2.45) is 0 Å². The maximum absolute atomic E-state index is 12.2. The molecule has 0 aromatic heterocycles. The minimum Gasteiger partial charge on any atom is -0.494 e. The van der Waals surface area contributed by atoms with E-state index in [1.165, 1.54) is 0 Å². The van der Waals surface area contributed by atoms with Crippen LogP contribution < -0.4 is 15.0 Å². The van der Waals surface area contributed by atoms with Crippen LogP contribution in [-0.4, -0.2) is 31.5 Å². The Kier molecular flexibility index (Phi) is 6.47. The summed E-state index contributed by atoms with van der Waals surface area (Å²) in [6, 6.07) is 15.2. The Morgan fingerprint density at radius 1 is 1.15 bits per heavy atom. The molecule has 0 unspecified atom stereocenters. The topological polar surface area (TPSA) is 58.6 Å². The third-order valence-electron chi connectivity index (χ3n) is 4.63. The molecular formula is C22H26N2O3. The largest absolute Gasteiger partial charge is 0.494 e. The van der Waals surface area contributed by atoms with Gasteiger partial charge in [-0.3, -0.25) is 9.59 Å². The first-order chi connectivity index (χ1) is 13.1. The normalized spacial score (nSPS) is 14.1. The van der Waals surface area contributed by atoms with Crippen LogP contribution in [0, 0.1) is 6.92 Å². The molecule has 2 aromatic rings. The fourth-order valence-corrected chi connectivity index (χ4v) is 3.14. The first kappa shape index (κ1) is 19.0. The SMILES string of the molecule is Cc1cccc(OCCCNC(=O)c2ccc(N3CCCCC3=O)cc2)c1. The summed E-state index contributed by atoms with van der Waals surface area (Å²) in [5, 5.41) is 2.90. The van der Waals surface area contributed by atoms with Gasteiger partial charge >= 0.3 is 0 Å². The highest BCUT2D eigenvalue weighted by molar-refractivity contribution is 5.96. The monoisotopic (exact) mass is 366 g/mol. The number of carbonyl (C=O) groups excluding carboxylic acids is 2. The Bertz CT molecular complexity index is 786. The average Bonchev–Trinajstić information content (AvgIpc) is 2.68. The molecule has 0 bridgehead atoms. The summed E-state index contributed by atoms with van der Waals surface area (Å²) in [6.07, 6.45) is 3.33. The van der Waals surface area contributed by atoms with Crippen molar-refractivity contribution in [3.05, 3.63) is 59.7 Å².